The molecule has 0 bridgehead atoms. The summed E-state index contributed by atoms with van der Waals surface area (Å²) in [5, 5.41) is 3.73. The largest absolute Gasteiger partial charge is 0.317 e. The molecule has 0 radical (unpaired) electrons. The number of rotatable bonds is 62. The molecule has 0 aliphatic rings. The third-order valence-corrected chi connectivity index (χ3v) is 15.4. The van der Waals surface area contributed by atoms with Gasteiger partial charge >= 0.3 is 0 Å². The molecule has 65 heavy (non-hydrogen) atoms. The average Bonchev–Trinajstić information content (AvgIpc) is 3.32. The first-order valence-corrected chi connectivity index (χ1v) is 32.1. The summed E-state index contributed by atoms with van der Waals surface area (Å²) in [6, 6.07) is 0. The van der Waals surface area contributed by atoms with Gasteiger partial charge in [0.15, 0.2) is 0 Å². The van der Waals surface area contributed by atoms with E-state index in [2.05, 4.69) is 19.2 Å². The second-order valence-electron chi connectivity index (χ2n) is 22.3. The highest BCUT2D eigenvalue weighted by Crippen LogP contribution is 2.19. The van der Waals surface area contributed by atoms with Crippen LogP contribution in [0.4, 0.5) is 0 Å². The Morgan fingerprint density at radius 3 is 0.323 bits per heavy atom. The van der Waals surface area contributed by atoms with Crippen LogP contribution in [0.2, 0.25) is 0 Å². The Labute approximate surface area is 415 Å². The number of hydrogen-bond donors (Lipinski definition) is 1. The molecule has 1 N–H and O–H groups in total. The second kappa shape index (κ2) is 64.0. The summed E-state index contributed by atoms with van der Waals surface area (Å²) in [6.07, 6.45) is 88.6. The van der Waals surface area contributed by atoms with Crippen LogP contribution in [0.25, 0.3) is 0 Å². The monoisotopic (exact) mass is 914 g/mol. The highest BCUT2D eigenvalue weighted by Gasteiger charge is 2.00. The predicted molar refractivity (Wildman–Crippen MR) is 301 cm³/mol. The molecule has 0 heterocycles. The molecule has 1 heteroatoms. The lowest BCUT2D eigenvalue weighted by Crippen LogP contribution is -2.16. The van der Waals surface area contributed by atoms with Crippen LogP contribution in [0.5, 0.6) is 0 Å². The van der Waals surface area contributed by atoms with E-state index in [1.165, 1.54) is 398 Å². The highest BCUT2D eigenvalue weighted by molar-refractivity contribution is 4.56. The molecule has 392 valence electrons. The molecule has 0 saturated carbocycles. The van der Waals surface area contributed by atoms with Crippen LogP contribution in [0.1, 0.15) is 399 Å². The SMILES string of the molecule is CCCCCCCCCCCCCCCCCCCCCCCCCCCCCCCCNCCCCCCCCCCCCCCCCCCCCCCCCCCCCCCCC. The lowest BCUT2D eigenvalue weighted by Gasteiger charge is -2.06. The Morgan fingerprint density at radius 2 is 0.215 bits per heavy atom. The smallest absolute Gasteiger partial charge is 0.00489 e. The summed E-state index contributed by atoms with van der Waals surface area (Å²) < 4.78 is 0. The van der Waals surface area contributed by atoms with Crippen molar-refractivity contribution >= 4 is 0 Å². The van der Waals surface area contributed by atoms with Gasteiger partial charge in [-0.15, -0.1) is 0 Å². The molecule has 0 aromatic rings. The molecular weight excluding hydrogens is 783 g/mol. The van der Waals surface area contributed by atoms with Crippen molar-refractivity contribution in [2.75, 3.05) is 13.1 Å². The van der Waals surface area contributed by atoms with Crippen molar-refractivity contribution < 1.29 is 0 Å². The molecule has 0 aliphatic carbocycles. The van der Waals surface area contributed by atoms with Gasteiger partial charge in [-0.3, -0.25) is 0 Å². The zero-order valence-electron chi connectivity index (χ0n) is 46.3. The van der Waals surface area contributed by atoms with E-state index in [9.17, 15) is 0 Å². The van der Waals surface area contributed by atoms with E-state index in [1.54, 1.807) is 0 Å². The molecule has 0 saturated heterocycles. The van der Waals surface area contributed by atoms with Crippen LogP contribution in [0.15, 0.2) is 0 Å². The Morgan fingerprint density at radius 1 is 0.123 bits per heavy atom. The number of hydrogen-bond acceptors (Lipinski definition) is 1. The fourth-order valence-corrected chi connectivity index (χ4v) is 10.7. The van der Waals surface area contributed by atoms with Gasteiger partial charge in [0.1, 0.15) is 0 Å². The van der Waals surface area contributed by atoms with Gasteiger partial charge in [0.05, 0.1) is 0 Å². The Hall–Kier alpha value is -0.0400. The van der Waals surface area contributed by atoms with Gasteiger partial charge in [-0.1, -0.05) is 386 Å². The van der Waals surface area contributed by atoms with Crippen LogP contribution >= 0.6 is 0 Å². The van der Waals surface area contributed by atoms with E-state index >= 15 is 0 Å². The molecule has 1 nitrogen and oxygen atoms in total. The minimum atomic E-state index is 1.25. The van der Waals surface area contributed by atoms with Gasteiger partial charge in [0.2, 0.25) is 0 Å². The third kappa shape index (κ3) is 64.0. The summed E-state index contributed by atoms with van der Waals surface area (Å²) in [4.78, 5) is 0. The second-order valence-corrected chi connectivity index (χ2v) is 22.3. The van der Waals surface area contributed by atoms with E-state index in [0.717, 1.165) is 0 Å². The number of nitrogens with one attached hydrogen (secondary N) is 1. The van der Waals surface area contributed by atoms with Crippen molar-refractivity contribution in [3.8, 4) is 0 Å². The summed E-state index contributed by atoms with van der Waals surface area (Å²) in [6.45, 7) is 7.13. The molecule has 0 rings (SSSR count). The fraction of sp³-hybridized carbons (Fsp3) is 1.00. The molecule has 0 amide bonds. The van der Waals surface area contributed by atoms with Crippen molar-refractivity contribution in [3.63, 3.8) is 0 Å². The maximum absolute atomic E-state index is 3.73. The molecule has 0 unspecified atom stereocenters. The van der Waals surface area contributed by atoms with Crippen LogP contribution in [-0.2, 0) is 0 Å². The van der Waals surface area contributed by atoms with Crippen LogP contribution in [0.3, 0.4) is 0 Å². The van der Waals surface area contributed by atoms with E-state index in [1.807, 2.05) is 0 Å². The number of unbranched alkanes of at least 4 members (excludes halogenated alkanes) is 58. The first kappa shape index (κ1) is 65.0. The Bertz CT molecular complexity index is 699. The summed E-state index contributed by atoms with van der Waals surface area (Å²) in [7, 11) is 0. The highest BCUT2D eigenvalue weighted by atomic mass is 14.8. The van der Waals surface area contributed by atoms with Crippen LogP contribution in [0, 0.1) is 0 Å². The molecule has 0 aromatic heterocycles. The summed E-state index contributed by atoms with van der Waals surface area (Å²) in [5.41, 5.74) is 0. The molecule has 0 aliphatic heterocycles. The molecule has 0 spiro atoms. The average molecular weight is 915 g/mol. The standard InChI is InChI=1S/C64H131N/c1-3-5-7-9-11-13-15-17-19-21-23-25-27-29-31-33-35-37-39-41-43-45-47-49-51-53-55-57-59-61-63-65-64-62-60-58-56-54-52-50-48-46-44-42-40-38-36-34-32-30-28-26-24-22-20-18-16-14-12-10-8-6-4-2/h65H,3-64H2,1-2H3. The topological polar surface area (TPSA) is 12.0 Å². The minimum absolute atomic E-state index is 1.25. The Kier molecular flexibility index (Phi) is 63.9. The summed E-state index contributed by atoms with van der Waals surface area (Å²) >= 11 is 0. The Balaban J connectivity index is 3.06. The van der Waals surface area contributed by atoms with E-state index in [0.29, 0.717) is 0 Å². The van der Waals surface area contributed by atoms with Crippen molar-refractivity contribution in [3.05, 3.63) is 0 Å². The van der Waals surface area contributed by atoms with Gasteiger partial charge in [0.25, 0.3) is 0 Å². The van der Waals surface area contributed by atoms with Gasteiger partial charge in [-0.25, -0.2) is 0 Å². The van der Waals surface area contributed by atoms with Crippen molar-refractivity contribution in [2.24, 2.45) is 0 Å². The van der Waals surface area contributed by atoms with Gasteiger partial charge < -0.3 is 5.32 Å². The molecule has 0 fully saturated rings. The van der Waals surface area contributed by atoms with Gasteiger partial charge in [-0.05, 0) is 25.9 Å². The van der Waals surface area contributed by atoms with Crippen molar-refractivity contribution in [1.82, 2.24) is 5.32 Å². The van der Waals surface area contributed by atoms with E-state index in [4.69, 9.17) is 0 Å². The van der Waals surface area contributed by atoms with Crippen molar-refractivity contribution in [1.29, 1.82) is 0 Å². The quantitative estimate of drug-likeness (QED) is 0.0600. The van der Waals surface area contributed by atoms with E-state index in [-0.39, 0.29) is 0 Å². The first-order valence-electron chi connectivity index (χ1n) is 32.1. The maximum atomic E-state index is 3.73. The van der Waals surface area contributed by atoms with Crippen molar-refractivity contribution in [2.45, 2.75) is 399 Å². The lowest BCUT2D eigenvalue weighted by molar-refractivity contribution is 0.509. The van der Waals surface area contributed by atoms with E-state index < -0.39 is 0 Å². The summed E-state index contributed by atoms with van der Waals surface area (Å²) in [5.74, 6) is 0. The first-order chi connectivity index (χ1) is 32.4. The van der Waals surface area contributed by atoms with Crippen LogP contribution < -0.4 is 5.32 Å². The van der Waals surface area contributed by atoms with Gasteiger partial charge in [0, 0.05) is 0 Å². The van der Waals surface area contributed by atoms with Gasteiger partial charge in [-0.2, -0.15) is 0 Å². The molecular formula is C64H131N. The zero-order valence-corrected chi connectivity index (χ0v) is 46.3. The van der Waals surface area contributed by atoms with Crippen LogP contribution in [-0.4, -0.2) is 13.1 Å². The molecule has 0 atom stereocenters. The predicted octanol–water partition coefficient (Wildman–Crippen LogP) is 24.0. The minimum Gasteiger partial charge on any atom is -0.317 e. The lowest BCUT2D eigenvalue weighted by atomic mass is 10.0. The maximum Gasteiger partial charge on any atom is -0.00489 e. The normalized spacial score (nSPS) is 11.7. The fourth-order valence-electron chi connectivity index (χ4n) is 10.7. The third-order valence-electron chi connectivity index (χ3n) is 15.4. The zero-order chi connectivity index (χ0) is 46.5. The molecule has 0 aromatic carbocycles.